The first-order chi connectivity index (χ1) is 13.4. The van der Waals surface area contributed by atoms with E-state index < -0.39 is 0 Å². The molecular formula is C19H19FN8. The molecule has 0 N–H and O–H groups in total. The van der Waals surface area contributed by atoms with Crippen LogP contribution < -0.4 is 0 Å². The van der Waals surface area contributed by atoms with E-state index in [-0.39, 0.29) is 5.82 Å². The van der Waals surface area contributed by atoms with E-state index in [9.17, 15) is 4.39 Å². The van der Waals surface area contributed by atoms with Gasteiger partial charge in [0.05, 0.1) is 29.0 Å². The van der Waals surface area contributed by atoms with Crippen LogP contribution in [0.15, 0.2) is 41.8 Å². The third-order valence-corrected chi connectivity index (χ3v) is 4.44. The van der Waals surface area contributed by atoms with Gasteiger partial charge in [0.15, 0.2) is 0 Å². The molecule has 0 saturated heterocycles. The van der Waals surface area contributed by atoms with Crippen LogP contribution in [-0.2, 0) is 0 Å². The molecule has 9 heteroatoms. The van der Waals surface area contributed by atoms with Gasteiger partial charge in [0, 0.05) is 11.3 Å². The van der Waals surface area contributed by atoms with Crippen molar-refractivity contribution in [3.8, 4) is 11.6 Å². The van der Waals surface area contributed by atoms with Gasteiger partial charge in [-0.25, -0.2) is 13.8 Å². The van der Waals surface area contributed by atoms with Crippen molar-refractivity contribution in [1.82, 2.24) is 34.4 Å². The highest BCUT2D eigenvalue weighted by molar-refractivity contribution is 5.82. The predicted octanol–water partition coefficient (Wildman–Crippen LogP) is 2.90. The first-order valence-corrected chi connectivity index (χ1v) is 8.74. The van der Waals surface area contributed by atoms with E-state index in [1.54, 1.807) is 32.4 Å². The lowest BCUT2D eigenvalue weighted by atomic mass is 10.2. The van der Waals surface area contributed by atoms with E-state index in [1.165, 1.54) is 18.5 Å². The van der Waals surface area contributed by atoms with Crippen LogP contribution in [0.4, 0.5) is 4.39 Å². The lowest BCUT2D eigenvalue weighted by Gasteiger charge is -2.04. The summed E-state index contributed by atoms with van der Waals surface area (Å²) in [7, 11) is 0. The van der Waals surface area contributed by atoms with Gasteiger partial charge in [0.25, 0.3) is 5.95 Å². The molecule has 3 heterocycles. The maximum atomic E-state index is 13.2. The molecular weight excluding hydrogens is 359 g/mol. The van der Waals surface area contributed by atoms with E-state index in [4.69, 9.17) is 0 Å². The summed E-state index contributed by atoms with van der Waals surface area (Å²) >= 11 is 0. The fraction of sp³-hybridized carbons (Fsp3) is 0.211. The highest BCUT2D eigenvalue weighted by Crippen LogP contribution is 2.17. The molecule has 8 nitrogen and oxygen atoms in total. The van der Waals surface area contributed by atoms with Gasteiger partial charge in [-0.2, -0.15) is 20.0 Å². The Balaban J connectivity index is 1.69. The van der Waals surface area contributed by atoms with E-state index in [0.29, 0.717) is 5.95 Å². The number of hydrogen-bond donors (Lipinski definition) is 0. The number of hydrogen-bond acceptors (Lipinski definition) is 5. The van der Waals surface area contributed by atoms with E-state index in [0.717, 1.165) is 34.0 Å². The number of aryl methyl sites for hydroxylation is 3. The first kappa shape index (κ1) is 17.8. The Labute approximate surface area is 160 Å². The summed E-state index contributed by atoms with van der Waals surface area (Å²) < 4.78 is 18.2. The highest BCUT2D eigenvalue weighted by Gasteiger charge is 2.13. The number of rotatable bonds is 4. The monoisotopic (exact) mass is 378 g/mol. The SMILES string of the molecule is Cc1cc(C)n(-c2nncn2/N=C\c2c(C)nn(-c3ccc(F)cc3)c2C)n1. The fourth-order valence-electron chi connectivity index (χ4n) is 3.07. The molecule has 0 amide bonds. The maximum Gasteiger partial charge on any atom is 0.273 e. The second-order valence-corrected chi connectivity index (χ2v) is 6.53. The van der Waals surface area contributed by atoms with E-state index >= 15 is 0 Å². The quantitative estimate of drug-likeness (QED) is 0.512. The molecule has 0 spiro atoms. The Morgan fingerprint density at radius 2 is 1.75 bits per heavy atom. The van der Waals surface area contributed by atoms with Crippen molar-refractivity contribution < 1.29 is 4.39 Å². The van der Waals surface area contributed by atoms with Gasteiger partial charge in [0.2, 0.25) is 0 Å². The first-order valence-electron chi connectivity index (χ1n) is 8.74. The van der Waals surface area contributed by atoms with Crippen molar-refractivity contribution in [2.45, 2.75) is 27.7 Å². The second-order valence-electron chi connectivity index (χ2n) is 6.53. The molecule has 28 heavy (non-hydrogen) atoms. The third-order valence-electron chi connectivity index (χ3n) is 4.44. The van der Waals surface area contributed by atoms with Gasteiger partial charge < -0.3 is 0 Å². The number of nitrogens with zero attached hydrogens (tertiary/aromatic N) is 8. The Bertz CT molecular complexity index is 1160. The van der Waals surface area contributed by atoms with Crippen molar-refractivity contribution in [3.05, 3.63) is 70.8 Å². The van der Waals surface area contributed by atoms with E-state index in [2.05, 4.69) is 25.5 Å². The van der Waals surface area contributed by atoms with Crippen LogP contribution in [0, 0.1) is 33.5 Å². The standard InChI is InChI=1S/C19H19FN8/c1-12-9-13(2)27(24-12)19-23-21-11-26(19)22-10-18-14(3)25-28(15(18)4)17-7-5-16(20)6-8-17/h5-11H,1-4H3/b22-10-. The molecule has 4 aromatic rings. The largest absolute Gasteiger partial charge is 0.273 e. The van der Waals surface area contributed by atoms with Crippen LogP contribution in [0.1, 0.15) is 28.3 Å². The van der Waals surface area contributed by atoms with Crippen LogP contribution in [0.5, 0.6) is 0 Å². The van der Waals surface area contributed by atoms with Crippen molar-refractivity contribution in [2.24, 2.45) is 5.10 Å². The second kappa shape index (κ2) is 6.84. The van der Waals surface area contributed by atoms with Crippen LogP contribution in [0.3, 0.4) is 0 Å². The molecule has 0 unspecified atom stereocenters. The normalized spacial score (nSPS) is 11.6. The summed E-state index contributed by atoms with van der Waals surface area (Å²) in [5.41, 5.74) is 5.20. The summed E-state index contributed by atoms with van der Waals surface area (Å²) in [6.45, 7) is 7.72. The van der Waals surface area contributed by atoms with Gasteiger partial charge in [-0.15, -0.1) is 10.2 Å². The zero-order chi connectivity index (χ0) is 19.8. The molecule has 1 aromatic carbocycles. The molecule has 0 atom stereocenters. The molecule has 0 saturated carbocycles. The summed E-state index contributed by atoms with van der Waals surface area (Å²) in [5.74, 6) is 0.222. The highest BCUT2D eigenvalue weighted by atomic mass is 19.1. The molecule has 0 aliphatic rings. The minimum Gasteiger partial charge on any atom is -0.237 e. The van der Waals surface area contributed by atoms with Gasteiger partial charge in [0.1, 0.15) is 12.1 Å². The maximum absolute atomic E-state index is 13.2. The van der Waals surface area contributed by atoms with Gasteiger partial charge >= 0.3 is 0 Å². The topological polar surface area (TPSA) is 78.7 Å². The molecule has 0 aliphatic heterocycles. The van der Waals surface area contributed by atoms with E-state index in [1.807, 2.05) is 33.8 Å². The summed E-state index contributed by atoms with van der Waals surface area (Å²) in [6.07, 6.45) is 3.24. The molecule has 0 fully saturated rings. The lowest BCUT2D eigenvalue weighted by Crippen LogP contribution is -2.07. The zero-order valence-corrected chi connectivity index (χ0v) is 16.0. The molecule has 0 aliphatic carbocycles. The van der Waals surface area contributed by atoms with Gasteiger partial charge in [-0.1, -0.05) is 0 Å². The Morgan fingerprint density at radius 1 is 1.00 bits per heavy atom. The molecule has 3 aromatic heterocycles. The van der Waals surface area contributed by atoms with Crippen LogP contribution in [0.25, 0.3) is 11.6 Å². The Morgan fingerprint density at radius 3 is 2.43 bits per heavy atom. The number of benzene rings is 1. The van der Waals surface area contributed by atoms with Crippen molar-refractivity contribution in [1.29, 1.82) is 0 Å². The lowest BCUT2D eigenvalue weighted by molar-refractivity contribution is 0.627. The van der Waals surface area contributed by atoms with Gasteiger partial charge in [-0.3, -0.25) is 0 Å². The average Bonchev–Trinajstić information content (AvgIpc) is 3.32. The summed E-state index contributed by atoms with van der Waals surface area (Å²) in [6, 6.07) is 8.17. The number of halogens is 1. The van der Waals surface area contributed by atoms with Crippen LogP contribution in [0.2, 0.25) is 0 Å². The van der Waals surface area contributed by atoms with Crippen LogP contribution in [-0.4, -0.2) is 40.6 Å². The fourth-order valence-corrected chi connectivity index (χ4v) is 3.07. The van der Waals surface area contributed by atoms with Gasteiger partial charge in [-0.05, 0) is 58.0 Å². The third kappa shape index (κ3) is 3.11. The Hall–Kier alpha value is -3.62. The van der Waals surface area contributed by atoms with Crippen LogP contribution >= 0.6 is 0 Å². The number of aromatic nitrogens is 7. The van der Waals surface area contributed by atoms with Crippen molar-refractivity contribution in [2.75, 3.05) is 0 Å². The Kier molecular flexibility index (Phi) is 4.34. The zero-order valence-electron chi connectivity index (χ0n) is 16.0. The van der Waals surface area contributed by atoms with Crippen molar-refractivity contribution in [3.63, 3.8) is 0 Å². The minimum absolute atomic E-state index is 0.281. The van der Waals surface area contributed by atoms with Crippen molar-refractivity contribution >= 4 is 6.21 Å². The summed E-state index contributed by atoms with van der Waals surface area (Å²) in [4.78, 5) is 0. The molecule has 0 bridgehead atoms. The minimum atomic E-state index is -0.281. The predicted molar refractivity (Wildman–Crippen MR) is 103 cm³/mol. The summed E-state index contributed by atoms with van der Waals surface area (Å²) in [5, 5.41) is 21.5. The molecule has 4 rings (SSSR count). The molecule has 142 valence electrons. The molecule has 0 radical (unpaired) electrons. The average molecular weight is 378 g/mol. The smallest absolute Gasteiger partial charge is 0.237 e.